The molecule has 0 atom stereocenters. The van der Waals surface area contributed by atoms with Gasteiger partial charge in [0.05, 0.1) is 18.4 Å². The number of piperidine rings is 1. The first-order valence-corrected chi connectivity index (χ1v) is 11.4. The molecule has 7 heteroatoms. The van der Waals surface area contributed by atoms with Crippen molar-refractivity contribution in [1.29, 1.82) is 0 Å². The van der Waals surface area contributed by atoms with E-state index in [2.05, 4.69) is 34.1 Å². The fraction of sp³-hybridized carbons (Fsp3) is 0.520. The van der Waals surface area contributed by atoms with Crippen LogP contribution in [0.5, 0.6) is 11.5 Å². The number of nitrogens with zero attached hydrogens (tertiary/aromatic N) is 3. The van der Waals surface area contributed by atoms with Gasteiger partial charge < -0.3 is 14.2 Å². The molecule has 0 N–H and O–H groups in total. The van der Waals surface area contributed by atoms with E-state index in [1.807, 2.05) is 37.8 Å². The van der Waals surface area contributed by atoms with Crippen molar-refractivity contribution in [3.8, 4) is 11.5 Å². The maximum atomic E-state index is 13.1. The highest BCUT2D eigenvalue weighted by Crippen LogP contribution is 2.30. The van der Waals surface area contributed by atoms with Crippen molar-refractivity contribution in [1.82, 2.24) is 14.8 Å². The van der Waals surface area contributed by atoms with Crippen LogP contribution in [-0.4, -0.2) is 58.8 Å². The largest absolute Gasteiger partial charge is 0.486 e. The fourth-order valence-corrected chi connectivity index (χ4v) is 4.14. The lowest BCUT2D eigenvalue weighted by molar-refractivity contribution is 0.00502. The number of likely N-dealkylation sites (tertiary alicyclic amines) is 1. The average Bonchev–Trinajstić information content (AvgIpc) is 2.77. The zero-order valence-electron chi connectivity index (χ0n) is 19.3. The van der Waals surface area contributed by atoms with Crippen molar-refractivity contribution in [2.45, 2.75) is 58.3 Å². The van der Waals surface area contributed by atoms with Crippen LogP contribution in [0.4, 0.5) is 4.79 Å². The van der Waals surface area contributed by atoms with Crippen LogP contribution in [0.1, 0.15) is 44.9 Å². The van der Waals surface area contributed by atoms with Gasteiger partial charge in [-0.1, -0.05) is 30.3 Å². The van der Waals surface area contributed by atoms with Crippen LogP contribution in [0.15, 0.2) is 42.6 Å². The number of carbonyl (C=O) groups excluding carboxylic acids is 1. The molecular weight excluding hydrogens is 406 g/mol. The average molecular weight is 440 g/mol. The fourth-order valence-electron chi connectivity index (χ4n) is 4.14. The van der Waals surface area contributed by atoms with Crippen molar-refractivity contribution in [3.05, 3.63) is 53.9 Å². The molecule has 3 heterocycles. The van der Waals surface area contributed by atoms with Gasteiger partial charge in [0.25, 0.3) is 0 Å². The highest BCUT2D eigenvalue weighted by atomic mass is 16.6. The molecule has 32 heavy (non-hydrogen) atoms. The lowest BCUT2D eigenvalue weighted by Crippen LogP contribution is -2.48. The zero-order valence-corrected chi connectivity index (χ0v) is 19.3. The van der Waals surface area contributed by atoms with Crippen LogP contribution < -0.4 is 9.47 Å². The molecular formula is C25H33N3O4. The Labute approximate surface area is 190 Å². The Morgan fingerprint density at radius 3 is 2.50 bits per heavy atom. The Morgan fingerprint density at radius 1 is 1.12 bits per heavy atom. The molecule has 7 nitrogen and oxygen atoms in total. The summed E-state index contributed by atoms with van der Waals surface area (Å²) in [6.45, 7) is 9.93. The van der Waals surface area contributed by atoms with Gasteiger partial charge in [0.2, 0.25) is 0 Å². The Morgan fingerprint density at radius 2 is 1.81 bits per heavy atom. The number of fused-ring (bicyclic) bond motifs is 1. The summed E-state index contributed by atoms with van der Waals surface area (Å²) >= 11 is 0. The second-order valence-corrected chi connectivity index (χ2v) is 9.42. The monoisotopic (exact) mass is 439 g/mol. The van der Waals surface area contributed by atoms with E-state index in [0.717, 1.165) is 38.2 Å². The molecule has 0 bridgehead atoms. The highest BCUT2D eigenvalue weighted by Gasteiger charge is 2.32. The Bertz CT molecular complexity index is 905. The molecule has 0 radical (unpaired) electrons. The van der Waals surface area contributed by atoms with E-state index in [1.54, 1.807) is 6.20 Å². The lowest BCUT2D eigenvalue weighted by Gasteiger charge is -2.39. The number of aromatic nitrogens is 1. The topological polar surface area (TPSA) is 64.1 Å². The van der Waals surface area contributed by atoms with Crippen molar-refractivity contribution < 1.29 is 19.0 Å². The minimum Gasteiger partial charge on any atom is -0.486 e. The molecule has 4 rings (SSSR count). The van der Waals surface area contributed by atoms with Gasteiger partial charge in [-0.25, -0.2) is 4.79 Å². The molecule has 2 aliphatic heterocycles. The lowest BCUT2D eigenvalue weighted by atomic mass is 10.0. The summed E-state index contributed by atoms with van der Waals surface area (Å²) in [4.78, 5) is 21.9. The van der Waals surface area contributed by atoms with E-state index in [4.69, 9.17) is 14.2 Å². The third-order valence-corrected chi connectivity index (χ3v) is 5.69. The third kappa shape index (κ3) is 5.91. The number of hydrogen-bond donors (Lipinski definition) is 0. The van der Waals surface area contributed by atoms with Crippen molar-refractivity contribution >= 4 is 6.09 Å². The van der Waals surface area contributed by atoms with Crippen LogP contribution in [-0.2, 0) is 17.8 Å². The second kappa shape index (κ2) is 9.77. The summed E-state index contributed by atoms with van der Waals surface area (Å²) in [5.74, 6) is 1.33. The highest BCUT2D eigenvalue weighted by molar-refractivity contribution is 5.68. The Kier molecular flexibility index (Phi) is 6.84. The van der Waals surface area contributed by atoms with Crippen LogP contribution >= 0.6 is 0 Å². The maximum absolute atomic E-state index is 13.1. The number of carbonyl (C=O) groups is 1. The van der Waals surface area contributed by atoms with Gasteiger partial charge in [-0.3, -0.25) is 14.8 Å². The van der Waals surface area contributed by atoms with Gasteiger partial charge in [-0.2, -0.15) is 0 Å². The Hall–Kier alpha value is -2.80. The van der Waals surface area contributed by atoms with Crippen LogP contribution in [0.3, 0.4) is 0 Å². The van der Waals surface area contributed by atoms with Crippen LogP contribution in [0.25, 0.3) is 0 Å². The number of amides is 1. The predicted octanol–water partition coefficient (Wildman–Crippen LogP) is 4.25. The quantitative estimate of drug-likeness (QED) is 0.694. The number of ether oxygens (including phenoxy) is 3. The molecule has 2 aromatic rings. The standard InChI is InChI=1S/C25H33N3O4/c1-25(2,3)32-24(29)28(18-20-15-22-23(16-26-20)31-14-13-30-22)21-9-11-27(12-10-21)17-19-7-5-4-6-8-19/h4-8,15-16,21H,9-14,17-18H2,1-3H3. The minimum atomic E-state index is -0.552. The van der Waals surface area contributed by atoms with Gasteiger partial charge in [-0.05, 0) is 39.2 Å². The van der Waals surface area contributed by atoms with Crippen molar-refractivity contribution in [2.75, 3.05) is 26.3 Å². The van der Waals surface area contributed by atoms with E-state index >= 15 is 0 Å². The van der Waals surface area contributed by atoms with E-state index in [1.165, 1.54) is 5.56 Å². The number of rotatable bonds is 5. The van der Waals surface area contributed by atoms with E-state index in [-0.39, 0.29) is 12.1 Å². The zero-order chi connectivity index (χ0) is 22.6. The second-order valence-electron chi connectivity index (χ2n) is 9.42. The molecule has 1 fully saturated rings. The van der Waals surface area contributed by atoms with Gasteiger partial charge in [0.1, 0.15) is 18.8 Å². The molecule has 1 aromatic carbocycles. The number of hydrogen-bond acceptors (Lipinski definition) is 6. The smallest absolute Gasteiger partial charge is 0.410 e. The SMILES string of the molecule is CC(C)(C)OC(=O)N(Cc1cc2c(cn1)OCCO2)C1CCN(Cc2ccccc2)CC1. The van der Waals surface area contributed by atoms with Crippen molar-refractivity contribution in [2.24, 2.45) is 0 Å². The first kappa shape index (κ1) is 22.4. The number of benzene rings is 1. The van der Waals surface area contributed by atoms with Crippen LogP contribution in [0, 0.1) is 0 Å². The third-order valence-electron chi connectivity index (χ3n) is 5.69. The molecule has 0 spiro atoms. The first-order valence-electron chi connectivity index (χ1n) is 11.4. The summed E-state index contributed by atoms with van der Waals surface area (Å²) in [6.07, 6.45) is 3.18. The maximum Gasteiger partial charge on any atom is 0.410 e. The normalized spacial score (nSPS) is 17.1. The Balaban J connectivity index is 1.44. The van der Waals surface area contributed by atoms with E-state index in [9.17, 15) is 4.79 Å². The summed E-state index contributed by atoms with van der Waals surface area (Å²) in [6, 6.07) is 12.5. The van der Waals surface area contributed by atoms with Gasteiger partial charge in [0.15, 0.2) is 11.5 Å². The number of pyridine rings is 1. The summed E-state index contributed by atoms with van der Waals surface area (Å²) < 4.78 is 17.0. The van der Waals surface area contributed by atoms with Gasteiger partial charge in [0, 0.05) is 31.7 Å². The molecule has 0 aliphatic carbocycles. The molecule has 1 amide bonds. The molecule has 1 aromatic heterocycles. The summed E-state index contributed by atoms with van der Waals surface area (Å²) in [7, 11) is 0. The van der Waals surface area contributed by atoms with Crippen LogP contribution in [0.2, 0.25) is 0 Å². The molecule has 2 aliphatic rings. The molecule has 172 valence electrons. The first-order chi connectivity index (χ1) is 15.4. The van der Waals surface area contributed by atoms with Crippen molar-refractivity contribution in [3.63, 3.8) is 0 Å². The van der Waals surface area contributed by atoms with Gasteiger partial charge >= 0.3 is 6.09 Å². The predicted molar refractivity (Wildman–Crippen MR) is 122 cm³/mol. The molecule has 0 unspecified atom stereocenters. The summed E-state index contributed by atoms with van der Waals surface area (Å²) in [5.41, 5.74) is 1.53. The van der Waals surface area contributed by atoms with E-state index < -0.39 is 5.60 Å². The molecule has 0 saturated carbocycles. The van der Waals surface area contributed by atoms with E-state index in [0.29, 0.717) is 31.3 Å². The molecule has 1 saturated heterocycles. The minimum absolute atomic E-state index is 0.104. The van der Waals surface area contributed by atoms with Gasteiger partial charge in [-0.15, -0.1) is 0 Å². The summed E-state index contributed by atoms with van der Waals surface area (Å²) in [5, 5.41) is 0.